The third-order valence-electron chi connectivity index (χ3n) is 3.43. The zero-order chi connectivity index (χ0) is 14.8. The van der Waals surface area contributed by atoms with Gasteiger partial charge in [0.2, 0.25) is 0 Å². The van der Waals surface area contributed by atoms with Crippen LogP contribution in [0, 0.1) is 6.92 Å². The van der Waals surface area contributed by atoms with Crippen LogP contribution in [-0.2, 0) is 6.42 Å². The molecule has 0 aliphatic carbocycles. The fourth-order valence-electron chi connectivity index (χ4n) is 2.36. The van der Waals surface area contributed by atoms with Crippen molar-refractivity contribution in [2.24, 2.45) is 0 Å². The van der Waals surface area contributed by atoms with Crippen molar-refractivity contribution >= 4 is 26.8 Å². The lowest BCUT2D eigenvalue weighted by Gasteiger charge is -2.12. The fraction of sp³-hybridized carbons (Fsp3) is 0.176. The van der Waals surface area contributed by atoms with Crippen molar-refractivity contribution in [2.75, 3.05) is 0 Å². The molecular formula is C17H15BrN2O. The molecule has 3 aromatic rings. The first kappa shape index (κ1) is 14.2. The highest BCUT2D eigenvalue weighted by molar-refractivity contribution is 9.10. The third kappa shape index (κ3) is 3.28. The Morgan fingerprint density at radius 2 is 2.00 bits per heavy atom. The van der Waals surface area contributed by atoms with E-state index in [1.165, 1.54) is 0 Å². The molecule has 0 saturated carbocycles. The Kier molecular flexibility index (Phi) is 3.99. The van der Waals surface area contributed by atoms with E-state index in [1.54, 1.807) is 12.4 Å². The second kappa shape index (κ2) is 5.92. The average Bonchev–Trinajstić information content (AvgIpc) is 2.46. The second-order valence-electron chi connectivity index (χ2n) is 5.14. The zero-order valence-electron chi connectivity index (χ0n) is 11.6. The lowest BCUT2D eigenvalue weighted by molar-refractivity contribution is 0.178. The molecule has 1 atom stereocenters. The number of nitrogens with zero attached hydrogens (tertiary/aromatic N) is 2. The van der Waals surface area contributed by atoms with Gasteiger partial charge in [-0.2, -0.15) is 0 Å². The highest BCUT2D eigenvalue weighted by Gasteiger charge is 2.10. The molecule has 0 radical (unpaired) electrons. The Morgan fingerprint density at radius 1 is 1.14 bits per heavy atom. The Bertz CT molecular complexity index is 789. The van der Waals surface area contributed by atoms with E-state index in [2.05, 4.69) is 25.9 Å². The second-order valence-corrected chi connectivity index (χ2v) is 6.05. The molecule has 4 heteroatoms. The van der Waals surface area contributed by atoms with Crippen molar-refractivity contribution in [3.05, 3.63) is 70.1 Å². The maximum absolute atomic E-state index is 10.4. The molecule has 0 saturated heterocycles. The first-order valence-corrected chi connectivity index (χ1v) is 7.56. The number of aliphatic hydroxyl groups is 1. The van der Waals surface area contributed by atoms with Gasteiger partial charge in [-0.1, -0.05) is 12.1 Å². The quantitative estimate of drug-likeness (QED) is 0.783. The van der Waals surface area contributed by atoms with Crippen LogP contribution in [0.5, 0.6) is 0 Å². The van der Waals surface area contributed by atoms with Crippen molar-refractivity contribution < 1.29 is 5.11 Å². The first-order chi connectivity index (χ1) is 10.1. The maximum Gasteiger partial charge on any atom is 0.0831 e. The largest absolute Gasteiger partial charge is 0.388 e. The third-order valence-corrected chi connectivity index (χ3v) is 3.86. The van der Waals surface area contributed by atoms with Crippen LogP contribution in [0.2, 0.25) is 0 Å². The van der Waals surface area contributed by atoms with Crippen LogP contribution in [0.15, 0.2) is 53.3 Å². The molecule has 0 amide bonds. The van der Waals surface area contributed by atoms with Gasteiger partial charge in [0.05, 0.1) is 11.6 Å². The number of aryl methyl sites for hydroxylation is 1. The number of benzene rings is 1. The summed E-state index contributed by atoms with van der Waals surface area (Å²) in [7, 11) is 0. The van der Waals surface area contributed by atoms with Gasteiger partial charge in [0.1, 0.15) is 0 Å². The molecule has 1 aromatic carbocycles. The molecule has 21 heavy (non-hydrogen) atoms. The van der Waals surface area contributed by atoms with Gasteiger partial charge < -0.3 is 5.11 Å². The number of aromatic nitrogens is 2. The molecule has 1 N–H and O–H groups in total. The van der Waals surface area contributed by atoms with Crippen LogP contribution >= 0.6 is 15.9 Å². The summed E-state index contributed by atoms with van der Waals surface area (Å²) in [5, 5.41) is 11.5. The SMILES string of the molecule is Cc1ccc2cc(C(O)Cc3cncc(Br)c3)ccc2n1. The fourth-order valence-corrected chi connectivity index (χ4v) is 2.77. The van der Waals surface area contributed by atoms with Gasteiger partial charge in [0.15, 0.2) is 0 Å². The summed E-state index contributed by atoms with van der Waals surface area (Å²) in [4.78, 5) is 8.60. The number of hydrogen-bond acceptors (Lipinski definition) is 3. The van der Waals surface area contributed by atoms with E-state index < -0.39 is 6.10 Å². The number of aliphatic hydroxyl groups excluding tert-OH is 1. The molecule has 0 bridgehead atoms. The van der Waals surface area contributed by atoms with Crippen LogP contribution < -0.4 is 0 Å². The van der Waals surface area contributed by atoms with Crippen LogP contribution in [-0.4, -0.2) is 15.1 Å². The number of fused-ring (bicyclic) bond motifs is 1. The van der Waals surface area contributed by atoms with E-state index in [9.17, 15) is 5.11 Å². The lowest BCUT2D eigenvalue weighted by Crippen LogP contribution is -2.02. The first-order valence-electron chi connectivity index (χ1n) is 6.76. The van der Waals surface area contributed by atoms with Crippen molar-refractivity contribution in [2.45, 2.75) is 19.4 Å². The van der Waals surface area contributed by atoms with Gasteiger partial charge in [-0.3, -0.25) is 9.97 Å². The molecule has 2 heterocycles. The van der Waals surface area contributed by atoms with E-state index in [0.717, 1.165) is 32.2 Å². The van der Waals surface area contributed by atoms with E-state index >= 15 is 0 Å². The minimum Gasteiger partial charge on any atom is -0.388 e. The number of rotatable bonds is 3. The summed E-state index contributed by atoms with van der Waals surface area (Å²) in [6.07, 6.45) is 3.50. The van der Waals surface area contributed by atoms with Gasteiger partial charge >= 0.3 is 0 Å². The highest BCUT2D eigenvalue weighted by Crippen LogP contribution is 2.23. The van der Waals surface area contributed by atoms with Gasteiger partial charge in [0.25, 0.3) is 0 Å². The summed E-state index contributed by atoms with van der Waals surface area (Å²) >= 11 is 3.40. The Hall–Kier alpha value is -1.78. The van der Waals surface area contributed by atoms with E-state index in [0.29, 0.717) is 6.42 Å². The van der Waals surface area contributed by atoms with Crippen molar-refractivity contribution in [3.63, 3.8) is 0 Å². The van der Waals surface area contributed by atoms with Crippen molar-refractivity contribution in [3.8, 4) is 0 Å². The van der Waals surface area contributed by atoms with Gasteiger partial charge in [-0.05, 0) is 58.2 Å². The molecule has 0 aliphatic heterocycles. The predicted molar refractivity (Wildman–Crippen MR) is 87.1 cm³/mol. The number of hydrogen-bond donors (Lipinski definition) is 1. The van der Waals surface area contributed by atoms with Crippen LogP contribution in [0.4, 0.5) is 0 Å². The molecule has 3 rings (SSSR count). The minimum absolute atomic E-state index is 0.539. The van der Waals surface area contributed by atoms with E-state index in [-0.39, 0.29) is 0 Å². The smallest absolute Gasteiger partial charge is 0.0831 e. The zero-order valence-corrected chi connectivity index (χ0v) is 13.2. The molecule has 2 aromatic heterocycles. The average molecular weight is 343 g/mol. The molecule has 0 fully saturated rings. The van der Waals surface area contributed by atoms with Crippen molar-refractivity contribution in [1.29, 1.82) is 0 Å². The maximum atomic E-state index is 10.4. The Balaban J connectivity index is 1.87. The summed E-state index contributed by atoms with van der Waals surface area (Å²) in [6.45, 7) is 1.97. The summed E-state index contributed by atoms with van der Waals surface area (Å²) in [5.74, 6) is 0. The predicted octanol–water partition coefficient (Wildman–Crippen LogP) is 3.98. The van der Waals surface area contributed by atoms with Gasteiger partial charge in [-0.25, -0.2) is 0 Å². The van der Waals surface area contributed by atoms with Gasteiger partial charge in [-0.15, -0.1) is 0 Å². The van der Waals surface area contributed by atoms with Crippen molar-refractivity contribution in [1.82, 2.24) is 9.97 Å². The Morgan fingerprint density at radius 3 is 2.81 bits per heavy atom. The molecule has 0 aliphatic rings. The monoisotopic (exact) mass is 342 g/mol. The van der Waals surface area contributed by atoms with E-state index in [1.807, 2.05) is 43.3 Å². The summed E-state index contributed by atoms with van der Waals surface area (Å²) in [5.41, 5.74) is 3.85. The van der Waals surface area contributed by atoms with E-state index in [4.69, 9.17) is 0 Å². The van der Waals surface area contributed by atoms with Crippen LogP contribution in [0.3, 0.4) is 0 Å². The summed E-state index contributed by atoms with van der Waals surface area (Å²) < 4.78 is 0.922. The lowest BCUT2D eigenvalue weighted by atomic mass is 10.0. The summed E-state index contributed by atoms with van der Waals surface area (Å²) in [6, 6.07) is 11.9. The van der Waals surface area contributed by atoms with Crippen LogP contribution in [0.25, 0.3) is 10.9 Å². The minimum atomic E-state index is -0.549. The van der Waals surface area contributed by atoms with Crippen LogP contribution in [0.1, 0.15) is 22.9 Å². The number of halogens is 1. The molecule has 0 spiro atoms. The number of pyridine rings is 2. The molecular weight excluding hydrogens is 328 g/mol. The van der Waals surface area contributed by atoms with Gasteiger partial charge in [0, 0.05) is 34.4 Å². The highest BCUT2D eigenvalue weighted by atomic mass is 79.9. The Labute approximate surface area is 131 Å². The molecule has 1 unspecified atom stereocenters. The normalized spacial score (nSPS) is 12.5. The molecule has 106 valence electrons. The standard InChI is InChI=1S/C17H15BrN2O/c1-11-2-3-13-8-14(4-5-16(13)20-11)17(21)7-12-6-15(18)10-19-9-12/h2-6,8-10,17,21H,7H2,1H3. The topological polar surface area (TPSA) is 46.0 Å². The molecule has 3 nitrogen and oxygen atoms in total.